The van der Waals surface area contributed by atoms with E-state index in [0.717, 1.165) is 34.7 Å². The van der Waals surface area contributed by atoms with Gasteiger partial charge in [-0.1, -0.05) is 39.3 Å². The second-order valence-corrected chi connectivity index (χ2v) is 5.37. The summed E-state index contributed by atoms with van der Waals surface area (Å²) in [6.07, 6.45) is 1.86. The largest absolute Gasteiger partial charge is 0.493 e. The summed E-state index contributed by atoms with van der Waals surface area (Å²) in [6, 6.07) is 3.91. The first-order chi connectivity index (χ1) is 8.51. The molecule has 2 nitrogen and oxygen atoms in total. The van der Waals surface area contributed by atoms with Crippen molar-refractivity contribution >= 4 is 11.6 Å². The lowest BCUT2D eigenvalue weighted by molar-refractivity contribution is 0.307. The predicted octanol–water partition coefficient (Wildman–Crippen LogP) is 4.66. The van der Waals surface area contributed by atoms with E-state index >= 15 is 0 Å². The lowest BCUT2D eigenvalue weighted by Gasteiger charge is -2.21. The number of ether oxygens (including phenoxy) is 1. The molecule has 0 aliphatic rings. The van der Waals surface area contributed by atoms with Crippen LogP contribution in [0, 0.1) is 0 Å². The average Bonchev–Trinajstić information content (AvgIpc) is 2.35. The van der Waals surface area contributed by atoms with Gasteiger partial charge in [0.15, 0.2) is 0 Å². The van der Waals surface area contributed by atoms with Gasteiger partial charge in [-0.3, -0.25) is 0 Å². The summed E-state index contributed by atoms with van der Waals surface area (Å²) in [6.45, 7) is 9.18. The molecule has 0 saturated carbocycles. The molecule has 3 heteroatoms. The Hall–Kier alpha value is -0.730. The third-order valence-electron chi connectivity index (χ3n) is 3.02. The molecule has 102 valence electrons. The molecular weight excluding hydrogens is 246 g/mol. The number of rotatable bonds is 6. The summed E-state index contributed by atoms with van der Waals surface area (Å²) in [5, 5.41) is 0.737. The van der Waals surface area contributed by atoms with Gasteiger partial charge in [-0.2, -0.15) is 0 Å². The van der Waals surface area contributed by atoms with E-state index < -0.39 is 0 Å². The molecule has 1 rings (SSSR count). The summed E-state index contributed by atoms with van der Waals surface area (Å²) in [7, 11) is 0. The van der Waals surface area contributed by atoms with E-state index in [-0.39, 0.29) is 6.04 Å². The van der Waals surface area contributed by atoms with Crippen LogP contribution in [-0.2, 0) is 0 Å². The highest BCUT2D eigenvalue weighted by Gasteiger charge is 2.18. The minimum absolute atomic E-state index is 0.0203. The summed E-state index contributed by atoms with van der Waals surface area (Å²) in [4.78, 5) is 0. The molecule has 2 N–H and O–H groups in total. The van der Waals surface area contributed by atoms with Gasteiger partial charge in [-0.05, 0) is 36.5 Å². The van der Waals surface area contributed by atoms with Crippen molar-refractivity contribution in [1.82, 2.24) is 0 Å². The summed E-state index contributed by atoms with van der Waals surface area (Å²) < 4.78 is 5.92. The van der Waals surface area contributed by atoms with E-state index in [1.165, 1.54) is 0 Å². The summed E-state index contributed by atoms with van der Waals surface area (Å²) >= 11 is 6.19. The smallest absolute Gasteiger partial charge is 0.127 e. The number of halogens is 1. The molecule has 0 aliphatic heterocycles. The molecule has 1 aromatic carbocycles. The molecule has 1 aromatic rings. The highest BCUT2D eigenvalue weighted by atomic mass is 35.5. The minimum atomic E-state index is -0.0203. The Balaban J connectivity index is 3.27. The van der Waals surface area contributed by atoms with E-state index in [9.17, 15) is 0 Å². The van der Waals surface area contributed by atoms with Crippen molar-refractivity contribution in [3.05, 3.63) is 28.3 Å². The fourth-order valence-corrected chi connectivity index (χ4v) is 2.17. The van der Waals surface area contributed by atoms with Crippen molar-refractivity contribution in [1.29, 1.82) is 0 Å². The Labute approximate surface area is 115 Å². The normalized spacial score (nSPS) is 12.8. The van der Waals surface area contributed by atoms with Crippen LogP contribution in [0.2, 0.25) is 5.02 Å². The fraction of sp³-hybridized carbons (Fsp3) is 0.600. The van der Waals surface area contributed by atoms with Crippen molar-refractivity contribution in [2.75, 3.05) is 6.61 Å². The number of hydrogen-bond donors (Lipinski definition) is 1. The first kappa shape index (κ1) is 15.3. The van der Waals surface area contributed by atoms with E-state index in [0.29, 0.717) is 12.5 Å². The van der Waals surface area contributed by atoms with Gasteiger partial charge in [-0.25, -0.2) is 0 Å². The molecule has 0 fully saturated rings. The van der Waals surface area contributed by atoms with Crippen LogP contribution in [0.25, 0.3) is 0 Å². The molecule has 1 atom stereocenters. The summed E-state index contributed by atoms with van der Waals surface area (Å²) in [5.41, 5.74) is 8.34. The molecule has 0 radical (unpaired) electrons. The van der Waals surface area contributed by atoms with Gasteiger partial charge in [0, 0.05) is 16.6 Å². The maximum Gasteiger partial charge on any atom is 0.127 e. The van der Waals surface area contributed by atoms with Crippen LogP contribution >= 0.6 is 11.6 Å². The Morgan fingerprint density at radius 2 is 1.83 bits per heavy atom. The van der Waals surface area contributed by atoms with Crippen LogP contribution in [0.15, 0.2) is 12.1 Å². The van der Waals surface area contributed by atoms with E-state index in [1.807, 2.05) is 12.1 Å². The molecule has 0 heterocycles. The minimum Gasteiger partial charge on any atom is -0.493 e. The Morgan fingerprint density at radius 1 is 1.22 bits per heavy atom. The molecule has 18 heavy (non-hydrogen) atoms. The second-order valence-electron chi connectivity index (χ2n) is 4.93. The molecular formula is C15H24ClNO. The lowest BCUT2D eigenvalue weighted by atomic mass is 9.95. The maximum atomic E-state index is 6.19. The zero-order valence-electron chi connectivity index (χ0n) is 11.8. The average molecular weight is 270 g/mol. The molecule has 0 aromatic heterocycles. The van der Waals surface area contributed by atoms with Crippen LogP contribution in [0.3, 0.4) is 0 Å². The van der Waals surface area contributed by atoms with Gasteiger partial charge < -0.3 is 10.5 Å². The first-order valence-corrected chi connectivity index (χ1v) is 7.10. The van der Waals surface area contributed by atoms with Crippen LogP contribution in [-0.4, -0.2) is 6.61 Å². The lowest BCUT2D eigenvalue weighted by Crippen LogP contribution is -2.13. The third-order valence-corrected chi connectivity index (χ3v) is 3.24. The fourth-order valence-electron chi connectivity index (χ4n) is 1.93. The van der Waals surface area contributed by atoms with Gasteiger partial charge in [0.25, 0.3) is 0 Å². The van der Waals surface area contributed by atoms with Gasteiger partial charge >= 0.3 is 0 Å². The second kappa shape index (κ2) is 7.01. The Kier molecular flexibility index (Phi) is 5.97. The standard InChI is InChI=1S/C15H24ClNO/c1-5-7-18-15-12(10(3)4)8-11(16)9-13(15)14(17)6-2/h8-10,14H,5-7,17H2,1-4H3. The molecule has 0 saturated heterocycles. The van der Waals surface area contributed by atoms with E-state index in [4.69, 9.17) is 22.1 Å². The van der Waals surface area contributed by atoms with Gasteiger partial charge in [0.2, 0.25) is 0 Å². The topological polar surface area (TPSA) is 35.2 Å². The zero-order chi connectivity index (χ0) is 13.7. The number of benzene rings is 1. The van der Waals surface area contributed by atoms with Crippen LogP contribution in [0.4, 0.5) is 0 Å². The van der Waals surface area contributed by atoms with Crippen molar-refractivity contribution in [3.63, 3.8) is 0 Å². The van der Waals surface area contributed by atoms with Crippen molar-refractivity contribution < 1.29 is 4.74 Å². The van der Waals surface area contributed by atoms with Crippen LogP contribution in [0.1, 0.15) is 63.6 Å². The molecule has 0 amide bonds. The monoisotopic (exact) mass is 269 g/mol. The van der Waals surface area contributed by atoms with Gasteiger partial charge in [0.1, 0.15) is 5.75 Å². The van der Waals surface area contributed by atoms with Crippen LogP contribution in [0.5, 0.6) is 5.75 Å². The number of hydrogen-bond acceptors (Lipinski definition) is 2. The SMILES string of the molecule is CCCOc1c(C(C)C)cc(Cl)cc1C(N)CC. The third kappa shape index (κ3) is 3.63. The molecule has 0 bridgehead atoms. The van der Waals surface area contributed by atoms with Crippen molar-refractivity contribution in [3.8, 4) is 5.75 Å². The first-order valence-electron chi connectivity index (χ1n) is 6.72. The van der Waals surface area contributed by atoms with E-state index in [2.05, 4.69) is 27.7 Å². The van der Waals surface area contributed by atoms with Crippen molar-refractivity contribution in [2.45, 2.75) is 52.5 Å². The molecule has 0 spiro atoms. The van der Waals surface area contributed by atoms with Gasteiger partial charge in [-0.15, -0.1) is 0 Å². The van der Waals surface area contributed by atoms with E-state index in [1.54, 1.807) is 0 Å². The number of nitrogens with two attached hydrogens (primary N) is 1. The molecule has 1 unspecified atom stereocenters. The zero-order valence-corrected chi connectivity index (χ0v) is 12.6. The summed E-state index contributed by atoms with van der Waals surface area (Å²) in [5.74, 6) is 1.31. The van der Waals surface area contributed by atoms with Gasteiger partial charge in [0.05, 0.1) is 6.61 Å². The maximum absolute atomic E-state index is 6.19. The Bertz CT molecular complexity index is 390. The Morgan fingerprint density at radius 3 is 2.33 bits per heavy atom. The molecule has 0 aliphatic carbocycles. The predicted molar refractivity (Wildman–Crippen MR) is 78.5 cm³/mol. The highest BCUT2D eigenvalue weighted by molar-refractivity contribution is 6.30. The highest BCUT2D eigenvalue weighted by Crippen LogP contribution is 2.37. The van der Waals surface area contributed by atoms with Crippen molar-refractivity contribution in [2.24, 2.45) is 5.73 Å². The quantitative estimate of drug-likeness (QED) is 0.815. The van der Waals surface area contributed by atoms with Crippen LogP contribution < -0.4 is 10.5 Å².